The smallest absolute Gasteiger partial charge is 0.194 e. The van der Waals surface area contributed by atoms with Crippen LogP contribution in [0.5, 0.6) is 0 Å². The number of hydrogen-bond donors (Lipinski definition) is 2. The van der Waals surface area contributed by atoms with Crippen molar-refractivity contribution in [2.75, 3.05) is 30.4 Å². The highest BCUT2D eigenvalue weighted by atomic mass is 19.2. The highest BCUT2D eigenvalue weighted by Crippen LogP contribution is 2.16. The van der Waals surface area contributed by atoms with Crippen LogP contribution >= 0.6 is 0 Å². The summed E-state index contributed by atoms with van der Waals surface area (Å²) >= 11 is 0. The molecule has 0 fully saturated rings. The number of rotatable bonds is 6. The van der Waals surface area contributed by atoms with Gasteiger partial charge in [-0.3, -0.25) is 0 Å². The number of aliphatic hydroxyl groups is 1. The van der Waals surface area contributed by atoms with Crippen molar-refractivity contribution in [2.45, 2.75) is 6.54 Å². The highest BCUT2D eigenvalue weighted by molar-refractivity contribution is 5.49. The van der Waals surface area contributed by atoms with E-state index in [1.165, 1.54) is 0 Å². The van der Waals surface area contributed by atoms with Gasteiger partial charge in [0.15, 0.2) is 17.5 Å². The third kappa shape index (κ3) is 3.88. The van der Waals surface area contributed by atoms with Gasteiger partial charge in [0.25, 0.3) is 0 Å². The molecule has 0 radical (unpaired) electrons. The van der Waals surface area contributed by atoms with Gasteiger partial charge in [0.2, 0.25) is 0 Å². The molecule has 0 spiro atoms. The van der Waals surface area contributed by atoms with Crippen LogP contribution in [0.25, 0.3) is 0 Å². The maximum atomic E-state index is 13.1. The molecule has 1 aromatic carbocycles. The van der Waals surface area contributed by atoms with Gasteiger partial charge in [-0.15, -0.1) is 0 Å². The molecule has 7 heteroatoms. The van der Waals surface area contributed by atoms with Crippen LogP contribution in [0.4, 0.5) is 24.7 Å². The standard InChI is InChI=1S/C15H16F3N3O/c1-21(4-5-22)11-2-3-14(20-9-11)19-8-10-6-12(16)15(18)13(17)7-10/h2-3,6-7,9,22H,4-5,8H2,1H3,(H,19,20). The van der Waals surface area contributed by atoms with Gasteiger partial charge in [0.05, 0.1) is 18.5 Å². The third-order valence-electron chi connectivity index (χ3n) is 3.14. The van der Waals surface area contributed by atoms with Gasteiger partial charge in [0, 0.05) is 20.1 Å². The van der Waals surface area contributed by atoms with Crippen LogP contribution in [0.3, 0.4) is 0 Å². The lowest BCUT2D eigenvalue weighted by Gasteiger charge is -2.17. The number of aliphatic hydroxyl groups excluding tert-OH is 1. The van der Waals surface area contributed by atoms with Crippen molar-refractivity contribution in [1.82, 2.24) is 4.98 Å². The largest absolute Gasteiger partial charge is 0.395 e. The molecule has 4 nitrogen and oxygen atoms in total. The first-order valence-corrected chi connectivity index (χ1v) is 6.66. The fourth-order valence-electron chi connectivity index (χ4n) is 1.90. The van der Waals surface area contributed by atoms with E-state index in [-0.39, 0.29) is 18.7 Å². The number of likely N-dealkylation sites (N-methyl/N-ethyl adjacent to an activating group) is 1. The first-order chi connectivity index (χ1) is 10.5. The Kier molecular flexibility index (Phi) is 5.21. The quantitative estimate of drug-likeness (QED) is 0.805. The monoisotopic (exact) mass is 311 g/mol. The van der Waals surface area contributed by atoms with Crippen LogP contribution in [0.2, 0.25) is 0 Å². The number of pyridine rings is 1. The summed E-state index contributed by atoms with van der Waals surface area (Å²) in [6.07, 6.45) is 1.61. The molecule has 118 valence electrons. The van der Waals surface area contributed by atoms with E-state index < -0.39 is 17.5 Å². The van der Waals surface area contributed by atoms with Crippen molar-refractivity contribution in [2.24, 2.45) is 0 Å². The molecule has 0 atom stereocenters. The predicted octanol–water partition coefficient (Wildman–Crippen LogP) is 2.54. The van der Waals surface area contributed by atoms with Gasteiger partial charge in [-0.05, 0) is 29.8 Å². The summed E-state index contributed by atoms with van der Waals surface area (Å²) in [5.41, 5.74) is 1.11. The summed E-state index contributed by atoms with van der Waals surface area (Å²) in [4.78, 5) is 6.00. The molecule has 2 aromatic rings. The Balaban J connectivity index is 2.00. The fraction of sp³-hybridized carbons (Fsp3) is 0.267. The number of nitrogens with zero attached hydrogens (tertiary/aromatic N) is 2. The van der Waals surface area contributed by atoms with Crippen molar-refractivity contribution >= 4 is 11.5 Å². The van der Waals surface area contributed by atoms with E-state index in [1.54, 1.807) is 18.3 Å². The second-order valence-electron chi connectivity index (χ2n) is 4.77. The maximum Gasteiger partial charge on any atom is 0.194 e. The molecule has 0 saturated carbocycles. The van der Waals surface area contributed by atoms with Crippen molar-refractivity contribution in [1.29, 1.82) is 0 Å². The molecule has 22 heavy (non-hydrogen) atoms. The van der Waals surface area contributed by atoms with E-state index in [0.29, 0.717) is 12.4 Å². The number of halogens is 3. The second kappa shape index (κ2) is 7.13. The number of benzene rings is 1. The molecule has 0 aliphatic carbocycles. The molecule has 1 heterocycles. The molecule has 0 unspecified atom stereocenters. The van der Waals surface area contributed by atoms with E-state index in [9.17, 15) is 13.2 Å². The number of aromatic nitrogens is 1. The van der Waals surface area contributed by atoms with Gasteiger partial charge < -0.3 is 15.3 Å². The Morgan fingerprint density at radius 3 is 2.41 bits per heavy atom. The SMILES string of the molecule is CN(CCO)c1ccc(NCc2cc(F)c(F)c(F)c2)nc1. The minimum absolute atomic E-state index is 0.0399. The lowest BCUT2D eigenvalue weighted by atomic mass is 10.2. The number of nitrogens with one attached hydrogen (secondary N) is 1. The molecule has 0 aliphatic rings. The first kappa shape index (κ1) is 16.1. The molecule has 0 bridgehead atoms. The molecular formula is C15H16F3N3O. The molecule has 2 rings (SSSR count). The van der Waals surface area contributed by atoms with Crippen LogP contribution in [0.1, 0.15) is 5.56 Å². The third-order valence-corrected chi connectivity index (χ3v) is 3.14. The van der Waals surface area contributed by atoms with Crippen molar-refractivity contribution in [3.63, 3.8) is 0 Å². The van der Waals surface area contributed by atoms with Gasteiger partial charge in [-0.2, -0.15) is 0 Å². The lowest BCUT2D eigenvalue weighted by Crippen LogP contribution is -2.21. The predicted molar refractivity (Wildman–Crippen MR) is 78.2 cm³/mol. The summed E-state index contributed by atoms with van der Waals surface area (Å²) in [6, 6.07) is 5.39. The topological polar surface area (TPSA) is 48.4 Å². The van der Waals surface area contributed by atoms with E-state index >= 15 is 0 Å². The minimum Gasteiger partial charge on any atom is -0.395 e. The molecular weight excluding hydrogens is 295 g/mol. The van der Waals surface area contributed by atoms with E-state index in [1.807, 2.05) is 11.9 Å². The average molecular weight is 311 g/mol. The summed E-state index contributed by atoms with van der Waals surface area (Å²) in [5.74, 6) is -3.39. The Hall–Kier alpha value is -2.28. The molecule has 0 saturated heterocycles. The van der Waals surface area contributed by atoms with Crippen molar-refractivity contribution in [3.8, 4) is 0 Å². The highest BCUT2D eigenvalue weighted by Gasteiger charge is 2.10. The second-order valence-corrected chi connectivity index (χ2v) is 4.77. The Labute approximate surface area is 126 Å². The lowest BCUT2D eigenvalue weighted by molar-refractivity contribution is 0.304. The zero-order chi connectivity index (χ0) is 16.1. The van der Waals surface area contributed by atoms with E-state index in [4.69, 9.17) is 5.11 Å². The Morgan fingerprint density at radius 2 is 1.86 bits per heavy atom. The van der Waals surface area contributed by atoms with Crippen LogP contribution < -0.4 is 10.2 Å². The fourth-order valence-corrected chi connectivity index (χ4v) is 1.90. The molecule has 2 N–H and O–H groups in total. The Morgan fingerprint density at radius 1 is 1.18 bits per heavy atom. The zero-order valence-corrected chi connectivity index (χ0v) is 12.0. The number of hydrogen-bond acceptors (Lipinski definition) is 4. The zero-order valence-electron chi connectivity index (χ0n) is 12.0. The van der Waals surface area contributed by atoms with Gasteiger partial charge in [-0.25, -0.2) is 18.2 Å². The maximum absolute atomic E-state index is 13.1. The molecule has 0 aliphatic heterocycles. The first-order valence-electron chi connectivity index (χ1n) is 6.66. The van der Waals surface area contributed by atoms with E-state index in [0.717, 1.165) is 17.8 Å². The van der Waals surface area contributed by atoms with Crippen molar-refractivity contribution in [3.05, 3.63) is 53.5 Å². The van der Waals surface area contributed by atoms with Crippen LogP contribution in [-0.4, -0.2) is 30.3 Å². The summed E-state index contributed by atoms with van der Waals surface area (Å²) in [5, 5.41) is 11.8. The van der Waals surface area contributed by atoms with Gasteiger partial charge >= 0.3 is 0 Å². The summed E-state index contributed by atoms with van der Waals surface area (Å²) in [7, 11) is 1.82. The van der Waals surface area contributed by atoms with Gasteiger partial charge in [-0.1, -0.05) is 0 Å². The number of anilines is 2. The van der Waals surface area contributed by atoms with Crippen LogP contribution in [0.15, 0.2) is 30.5 Å². The average Bonchev–Trinajstić information content (AvgIpc) is 2.51. The van der Waals surface area contributed by atoms with Crippen LogP contribution in [0, 0.1) is 17.5 Å². The van der Waals surface area contributed by atoms with Gasteiger partial charge in [0.1, 0.15) is 5.82 Å². The van der Waals surface area contributed by atoms with E-state index in [2.05, 4.69) is 10.3 Å². The van der Waals surface area contributed by atoms with Crippen LogP contribution in [-0.2, 0) is 6.54 Å². The summed E-state index contributed by atoms with van der Waals surface area (Å²) < 4.78 is 39.0. The normalized spacial score (nSPS) is 10.6. The molecule has 1 aromatic heterocycles. The summed E-state index contributed by atoms with van der Waals surface area (Å²) in [6.45, 7) is 0.647. The van der Waals surface area contributed by atoms with Crippen molar-refractivity contribution < 1.29 is 18.3 Å². The minimum atomic E-state index is -1.47. The Bertz CT molecular complexity index is 611. The molecule has 0 amide bonds.